The van der Waals surface area contributed by atoms with Crippen molar-refractivity contribution in [3.8, 4) is 0 Å². The lowest BCUT2D eigenvalue weighted by Crippen LogP contribution is -2.28. The first-order valence-electron chi connectivity index (χ1n) is 5.82. The van der Waals surface area contributed by atoms with Gasteiger partial charge in [-0.15, -0.1) is 0 Å². The number of hydrogen-bond acceptors (Lipinski definition) is 6. The molecule has 0 aliphatic heterocycles. The molecule has 7 heteroatoms. The SMILES string of the molecule is COC(=O)C(CCC(C)F)CC(N=C=O)C(=O)OC. The molecule has 3 unspecified atom stereocenters. The Bertz CT molecular complexity index is 352. The van der Waals surface area contributed by atoms with Crippen LogP contribution < -0.4 is 0 Å². The third-order valence-electron chi connectivity index (χ3n) is 2.64. The molecule has 0 amide bonds. The van der Waals surface area contributed by atoms with E-state index in [1.807, 2.05) is 0 Å². The lowest BCUT2D eigenvalue weighted by molar-refractivity contribution is -0.147. The van der Waals surface area contributed by atoms with Gasteiger partial charge < -0.3 is 9.47 Å². The molecule has 108 valence electrons. The summed E-state index contributed by atoms with van der Waals surface area (Å²) in [6.45, 7) is 1.37. The van der Waals surface area contributed by atoms with Crippen molar-refractivity contribution in [1.82, 2.24) is 0 Å². The number of carbonyl (C=O) groups is 2. The zero-order chi connectivity index (χ0) is 14.8. The van der Waals surface area contributed by atoms with Gasteiger partial charge in [0.2, 0.25) is 6.08 Å². The Kier molecular flexibility index (Phi) is 8.37. The van der Waals surface area contributed by atoms with E-state index in [2.05, 4.69) is 14.5 Å². The summed E-state index contributed by atoms with van der Waals surface area (Å²) >= 11 is 0. The second-order valence-corrected chi connectivity index (χ2v) is 4.07. The van der Waals surface area contributed by atoms with Crippen LogP contribution in [0.15, 0.2) is 4.99 Å². The molecule has 0 saturated carbocycles. The minimum Gasteiger partial charge on any atom is -0.469 e. The number of nitrogens with zero attached hydrogens (tertiary/aromatic N) is 1. The molecule has 6 nitrogen and oxygen atoms in total. The molecule has 0 bridgehead atoms. The van der Waals surface area contributed by atoms with E-state index in [0.717, 1.165) is 7.11 Å². The zero-order valence-corrected chi connectivity index (χ0v) is 11.2. The molecular formula is C12H18FNO5. The van der Waals surface area contributed by atoms with Gasteiger partial charge in [-0.05, 0) is 26.2 Å². The molecule has 0 aromatic heterocycles. The van der Waals surface area contributed by atoms with Crippen molar-refractivity contribution in [3.63, 3.8) is 0 Å². The van der Waals surface area contributed by atoms with E-state index >= 15 is 0 Å². The van der Waals surface area contributed by atoms with E-state index in [-0.39, 0.29) is 19.3 Å². The number of ether oxygens (including phenoxy) is 2. The molecule has 3 atom stereocenters. The van der Waals surface area contributed by atoms with Crippen LogP contribution >= 0.6 is 0 Å². The highest BCUT2D eigenvalue weighted by Crippen LogP contribution is 2.19. The normalized spacial score (nSPS) is 14.7. The quantitative estimate of drug-likeness (QED) is 0.377. The molecule has 0 heterocycles. The maximum absolute atomic E-state index is 12.8. The maximum Gasteiger partial charge on any atom is 0.331 e. The van der Waals surface area contributed by atoms with Crippen molar-refractivity contribution in [2.24, 2.45) is 10.9 Å². The van der Waals surface area contributed by atoms with Gasteiger partial charge in [-0.3, -0.25) is 4.79 Å². The number of isocyanates is 1. The number of esters is 2. The Hall–Kier alpha value is -1.75. The van der Waals surface area contributed by atoms with Crippen LogP contribution in [0.4, 0.5) is 4.39 Å². The molecule has 0 aliphatic carbocycles. The van der Waals surface area contributed by atoms with Crippen LogP contribution in [0, 0.1) is 5.92 Å². The summed E-state index contributed by atoms with van der Waals surface area (Å²) in [6.07, 6.45) is 0.471. The Labute approximate surface area is 111 Å². The number of methoxy groups -OCH3 is 2. The van der Waals surface area contributed by atoms with Gasteiger partial charge in [-0.25, -0.2) is 14.0 Å². The van der Waals surface area contributed by atoms with Crippen LogP contribution in [0.1, 0.15) is 26.2 Å². The first-order valence-corrected chi connectivity index (χ1v) is 5.82. The van der Waals surface area contributed by atoms with Gasteiger partial charge in [0.25, 0.3) is 0 Å². The van der Waals surface area contributed by atoms with Crippen LogP contribution in [-0.2, 0) is 23.9 Å². The number of rotatable bonds is 8. The molecule has 0 saturated heterocycles. The van der Waals surface area contributed by atoms with E-state index in [1.54, 1.807) is 0 Å². The molecule has 0 aromatic rings. The summed E-state index contributed by atoms with van der Waals surface area (Å²) in [5.41, 5.74) is 0. The second kappa shape index (κ2) is 9.22. The van der Waals surface area contributed by atoms with Crippen molar-refractivity contribution < 1.29 is 28.2 Å². The molecule has 0 aromatic carbocycles. The van der Waals surface area contributed by atoms with E-state index in [0.29, 0.717) is 0 Å². The predicted molar refractivity (Wildman–Crippen MR) is 63.9 cm³/mol. The average Bonchev–Trinajstić information content (AvgIpc) is 2.40. The molecule has 0 spiro atoms. The van der Waals surface area contributed by atoms with Gasteiger partial charge in [0.05, 0.1) is 26.3 Å². The zero-order valence-electron chi connectivity index (χ0n) is 11.2. The van der Waals surface area contributed by atoms with E-state index in [1.165, 1.54) is 20.1 Å². The number of halogens is 1. The van der Waals surface area contributed by atoms with Crippen LogP contribution in [0.3, 0.4) is 0 Å². The minimum atomic E-state index is -1.12. The summed E-state index contributed by atoms with van der Waals surface area (Å²) in [5.74, 6) is -2.04. The van der Waals surface area contributed by atoms with E-state index < -0.39 is 30.1 Å². The maximum atomic E-state index is 12.8. The number of hydrogen-bond donors (Lipinski definition) is 0. The summed E-state index contributed by atoms with van der Waals surface area (Å²) in [6, 6.07) is -1.12. The lowest BCUT2D eigenvalue weighted by Gasteiger charge is -2.17. The second-order valence-electron chi connectivity index (χ2n) is 4.07. The van der Waals surface area contributed by atoms with Gasteiger partial charge in [0.1, 0.15) is 0 Å². The highest BCUT2D eigenvalue weighted by atomic mass is 19.1. The Morgan fingerprint density at radius 2 is 1.79 bits per heavy atom. The standard InChI is InChI=1S/C12H18FNO5/c1-8(13)4-5-9(11(16)18-2)6-10(14-7-15)12(17)19-3/h8-10H,4-6H2,1-3H3. The van der Waals surface area contributed by atoms with E-state index in [9.17, 15) is 18.8 Å². The fourth-order valence-electron chi connectivity index (χ4n) is 1.60. The van der Waals surface area contributed by atoms with Gasteiger partial charge in [0.15, 0.2) is 6.04 Å². The summed E-state index contributed by atoms with van der Waals surface area (Å²) in [7, 11) is 2.34. The molecular weight excluding hydrogens is 257 g/mol. The van der Waals surface area contributed by atoms with Gasteiger partial charge in [-0.1, -0.05) is 0 Å². The first-order chi connectivity index (χ1) is 8.96. The van der Waals surface area contributed by atoms with Crippen LogP contribution in [0.25, 0.3) is 0 Å². The van der Waals surface area contributed by atoms with Crippen molar-refractivity contribution in [2.75, 3.05) is 14.2 Å². The van der Waals surface area contributed by atoms with Crippen LogP contribution in [-0.4, -0.2) is 44.5 Å². The number of carbonyl (C=O) groups excluding carboxylic acids is 3. The van der Waals surface area contributed by atoms with Crippen LogP contribution in [0.2, 0.25) is 0 Å². The Morgan fingerprint density at radius 3 is 2.21 bits per heavy atom. The minimum absolute atomic E-state index is 0.0681. The summed E-state index contributed by atoms with van der Waals surface area (Å²) < 4.78 is 21.9. The third kappa shape index (κ3) is 6.67. The molecule has 0 aliphatic rings. The predicted octanol–water partition coefficient (Wildman–Crippen LogP) is 1.18. The highest BCUT2D eigenvalue weighted by Gasteiger charge is 2.28. The third-order valence-corrected chi connectivity index (χ3v) is 2.64. The molecule has 0 rings (SSSR count). The average molecular weight is 275 g/mol. The lowest BCUT2D eigenvalue weighted by atomic mass is 9.94. The topological polar surface area (TPSA) is 82.0 Å². The van der Waals surface area contributed by atoms with Crippen molar-refractivity contribution >= 4 is 18.0 Å². The number of aliphatic imine (C=N–C) groups is 1. The van der Waals surface area contributed by atoms with Crippen molar-refractivity contribution in [3.05, 3.63) is 0 Å². The van der Waals surface area contributed by atoms with Crippen molar-refractivity contribution in [2.45, 2.75) is 38.4 Å². The Morgan fingerprint density at radius 1 is 1.21 bits per heavy atom. The fourth-order valence-corrected chi connectivity index (χ4v) is 1.60. The van der Waals surface area contributed by atoms with Gasteiger partial charge >= 0.3 is 11.9 Å². The van der Waals surface area contributed by atoms with E-state index in [4.69, 9.17) is 0 Å². The first kappa shape index (κ1) is 17.2. The smallest absolute Gasteiger partial charge is 0.331 e. The molecule has 0 radical (unpaired) electrons. The summed E-state index contributed by atoms with van der Waals surface area (Å²) in [5, 5.41) is 0. The van der Waals surface area contributed by atoms with Gasteiger partial charge in [0, 0.05) is 0 Å². The highest BCUT2D eigenvalue weighted by molar-refractivity contribution is 5.79. The fraction of sp³-hybridized carbons (Fsp3) is 0.750. The Balaban J connectivity index is 4.79. The molecule has 19 heavy (non-hydrogen) atoms. The van der Waals surface area contributed by atoms with Gasteiger partial charge in [-0.2, -0.15) is 4.99 Å². The molecule has 0 N–H and O–H groups in total. The van der Waals surface area contributed by atoms with Crippen molar-refractivity contribution in [1.29, 1.82) is 0 Å². The largest absolute Gasteiger partial charge is 0.469 e. The van der Waals surface area contributed by atoms with Crippen LogP contribution in [0.5, 0.6) is 0 Å². The molecule has 0 fully saturated rings. The summed E-state index contributed by atoms with van der Waals surface area (Å²) in [4.78, 5) is 36.4. The monoisotopic (exact) mass is 275 g/mol. The number of alkyl halides is 1.